The first-order chi connectivity index (χ1) is 10.1. The third-order valence-corrected chi connectivity index (χ3v) is 3.93. The van der Waals surface area contributed by atoms with Crippen molar-refractivity contribution in [1.82, 2.24) is 0 Å². The van der Waals surface area contributed by atoms with Gasteiger partial charge in [0.1, 0.15) is 5.75 Å². The monoisotopic (exact) mass is 425 g/mol. The Morgan fingerprint density at radius 2 is 1.90 bits per heavy atom. The van der Waals surface area contributed by atoms with Gasteiger partial charge in [-0.15, -0.1) is 0 Å². The van der Waals surface area contributed by atoms with Crippen molar-refractivity contribution >= 4 is 37.5 Å². The van der Waals surface area contributed by atoms with Gasteiger partial charge in [-0.3, -0.25) is 0 Å². The van der Waals surface area contributed by atoms with Gasteiger partial charge in [0.05, 0.1) is 43.2 Å². The number of ether oxygens (including phenoxy) is 3. The van der Waals surface area contributed by atoms with Crippen molar-refractivity contribution in [3.63, 3.8) is 0 Å². The van der Waals surface area contributed by atoms with Gasteiger partial charge in [0.2, 0.25) is 0 Å². The minimum atomic E-state index is -0.590. The van der Waals surface area contributed by atoms with Crippen LogP contribution in [0.1, 0.15) is 6.92 Å². The highest BCUT2D eigenvalue weighted by atomic mass is 79.9. The van der Waals surface area contributed by atoms with Crippen LogP contribution >= 0.6 is 31.9 Å². The first-order valence-corrected chi connectivity index (χ1v) is 8.27. The number of nitrogens with one attached hydrogen (secondary N) is 1. The predicted octanol–water partition coefficient (Wildman–Crippen LogP) is 3.05. The lowest BCUT2D eigenvalue weighted by atomic mass is 10.3. The van der Waals surface area contributed by atoms with Gasteiger partial charge >= 0.3 is 0 Å². The lowest BCUT2D eigenvalue weighted by Crippen LogP contribution is -2.25. The Bertz CT molecular complexity index is 432. The maximum absolute atomic E-state index is 9.85. The predicted molar refractivity (Wildman–Crippen MR) is 90.2 cm³/mol. The van der Waals surface area contributed by atoms with E-state index in [4.69, 9.17) is 14.2 Å². The number of halogens is 2. The van der Waals surface area contributed by atoms with Crippen molar-refractivity contribution in [2.75, 3.05) is 45.4 Å². The minimum absolute atomic E-state index is 0.269. The molecular formula is C14H21Br2NO4. The summed E-state index contributed by atoms with van der Waals surface area (Å²) in [5.41, 5.74) is 0.850. The Morgan fingerprint density at radius 3 is 2.57 bits per heavy atom. The Balaban J connectivity index is 2.37. The fraction of sp³-hybridized carbons (Fsp3) is 0.571. The molecule has 1 aromatic rings. The van der Waals surface area contributed by atoms with Gasteiger partial charge in [-0.2, -0.15) is 0 Å². The van der Waals surface area contributed by atoms with Crippen LogP contribution in [0.5, 0.6) is 5.75 Å². The molecule has 0 saturated carbocycles. The maximum atomic E-state index is 9.85. The zero-order valence-electron chi connectivity index (χ0n) is 12.2. The molecule has 5 nitrogen and oxygen atoms in total. The molecule has 120 valence electrons. The van der Waals surface area contributed by atoms with Crippen molar-refractivity contribution in [3.8, 4) is 5.75 Å². The van der Waals surface area contributed by atoms with E-state index >= 15 is 0 Å². The van der Waals surface area contributed by atoms with Crippen molar-refractivity contribution in [1.29, 1.82) is 0 Å². The molecule has 2 N–H and O–H groups in total. The van der Waals surface area contributed by atoms with Gasteiger partial charge in [-0.1, -0.05) is 0 Å². The van der Waals surface area contributed by atoms with E-state index < -0.39 is 6.10 Å². The molecule has 1 rings (SSSR count). The van der Waals surface area contributed by atoms with Crippen LogP contribution in [0, 0.1) is 0 Å². The lowest BCUT2D eigenvalue weighted by Gasteiger charge is -2.15. The van der Waals surface area contributed by atoms with Gasteiger partial charge in [-0.05, 0) is 44.8 Å². The molecule has 0 aliphatic rings. The highest BCUT2D eigenvalue weighted by Crippen LogP contribution is 2.34. The minimum Gasteiger partial charge on any atom is -0.495 e. The highest BCUT2D eigenvalue weighted by molar-refractivity contribution is 9.11. The molecule has 7 heteroatoms. The summed E-state index contributed by atoms with van der Waals surface area (Å²) in [4.78, 5) is 0. The van der Waals surface area contributed by atoms with Crippen molar-refractivity contribution in [2.24, 2.45) is 0 Å². The molecule has 0 amide bonds. The van der Waals surface area contributed by atoms with Gasteiger partial charge in [0, 0.05) is 23.7 Å². The summed E-state index contributed by atoms with van der Waals surface area (Å²) < 4.78 is 17.5. The number of benzene rings is 1. The van der Waals surface area contributed by atoms with E-state index in [2.05, 4.69) is 37.2 Å². The third-order valence-electron chi connectivity index (χ3n) is 2.66. The molecule has 0 aromatic heterocycles. The van der Waals surface area contributed by atoms with Crippen LogP contribution in [0.3, 0.4) is 0 Å². The van der Waals surface area contributed by atoms with Crippen molar-refractivity contribution < 1.29 is 19.3 Å². The summed E-state index contributed by atoms with van der Waals surface area (Å²) in [5, 5.41) is 13.0. The molecule has 0 bridgehead atoms. The standard InChI is InChI=1S/C14H21Br2NO4/c1-3-20-4-5-21-9-10(18)8-17-13-7-14(19-2)12(16)6-11(13)15/h6-7,10,17-18H,3-5,8-9H2,1-2H3. The number of anilines is 1. The number of rotatable bonds is 10. The zero-order valence-corrected chi connectivity index (χ0v) is 15.4. The van der Waals surface area contributed by atoms with E-state index in [9.17, 15) is 5.11 Å². The Hall–Kier alpha value is -0.340. The number of hydrogen-bond donors (Lipinski definition) is 2. The first-order valence-electron chi connectivity index (χ1n) is 6.69. The first kappa shape index (κ1) is 18.7. The van der Waals surface area contributed by atoms with Gasteiger partial charge < -0.3 is 24.6 Å². The normalized spacial score (nSPS) is 12.2. The molecule has 0 radical (unpaired) electrons. The number of methoxy groups -OCH3 is 1. The SMILES string of the molecule is CCOCCOCC(O)CNc1cc(OC)c(Br)cc1Br. The topological polar surface area (TPSA) is 60.0 Å². The smallest absolute Gasteiger partial charge is 0.135 e. The number of hydrogen-bond acceptors (Lipinski definition) is 5. The molecule has 0 heterocycles. The van der Waals surface area contributed by atoms with E-state index in [0.29, 0.717) is 26.4 Å². The molecular weight excluding hydrogens is 406 g/mol. The summed E-state index contributed by atoms with van der Waals surface area (Å²) in [6, 6.07) is 3.75. The van der Waals surface area contributed by atoms with Crippen molar-refractivity contribution in [2.45, 2.75) is 13.0 Å². The molecule has 0 fully saturated rings. The largest absolute Gasteiger partial charge is 0.495 e. The summed E-state index contributed by atoms with van der Waals surface area (Å²) >= 11 is 6.88. The zero-order chi connectivity index (χ0) is 15.7. The maximum Gasteiger partial charge on any atom is 0.135 e. The lowest BCUT2D eigenvalue weighted by molar-refractivity contribution is 0.0103. The van der Waals surface area contributed by atoms with E-state index in [0.717, 1.165) is 20.4 Å². The summed E-state index contributed by atoms with van der Waals surface area (Å²) in [7, 11) is 1.61. The Morgan fingerprint density at radius 1 is 1.19 bits per heavy atom. The molecule has 0 saturated heterocycles. The summed E-state index contributed by atoms with van der Waals surface area (Å²) in [6.07, 6.45) is -0.590. The molecule has 0 aliphatic heterocycles. The van der Waals surface area contributed by atoms with Gasteiger partial charge in [0.25, 0.3) is 0 Å². The van der Waals surface area contributed by atoms with Crippen LogP contribution in [-0.4, -0.2) is 51.3 Å². The molecule has 21 heavy (non-hydrogen) atoms. The van der Waals surface area contributed by atoms with Crippen LogP contribution in [0.15, 0.2) is 21.1 Å². The fourth-order valence-electron chi connectivity index (χ4n) is 1.59. The van der Waals surface area contributed by atoms with E-state index in [-0.39, 0.29) is 6.61 Å². The average Bonchev–Trinajstić information content (AvgIpc) is 2.46. The van der Waals surface area contributed by atoms with Crippen LogP contribution in [0.4, 0.5) is 5.69 Å². The molecule has 1 atom stereocenters. The van der Waals surface area contributed by atoms with Crippen LogP contribution in [0.25, 0.3) is 0 Å². The summed E-state index contributed by atoms with van der Waals surface area (Å²) in [6.45, 7) is 4.30. The summed E-state index contributed by atoms with van der Waals surface area (Å²) in [5.74, 6) is 0.725. The Labute approximate surface area is 142 Å². The second kappa shape index (κ2) is 10.4. The van der Waals surface area contributed by atoms with Crippen LogP contribution in [0.2, 0.25) is 0 Å². The number of aliphatic hydroxyl groups is 1. The molecule has 0 spiro atoms. The molecule has 0 aliphatic carbocycles. The van der Waals surface area contributed by atoms with Crippen LogP contribution < -0.4 is 10.1 Å². The second-order valence-electron chi connectivity index (χ2n) is 4.27. The van der Waals surface area contributed by atoms with E-state index in [1.54, 1.807) is 7.11 Å². The van der Waals surface area contributed by atoms with E-state index in [1.165, 1.54) is 0 Å². The van der Waals surface area contributed by atoms with Crippen molar-refractivity contribution in [3.05, 3.63) is 21.1 Å². The van der Waals surface area contributed by atoms with E-state index in [1.807, 2.05) is 19.1 Å². The van der Waals surface area contributed by atoms with Gasteiger partial charge in [-0.25, -0.2) is 0 Å². The third kappa shape index (κ3) is 6.97. The Kier molecular flexibility index (Phi) is 9.26. The molecule has 1 unspecified atom stereocenters. The highest BCUT2D eigenvalue weighted by Gasteiger charge is 2.09. The van der Waals surface area contributed by atoms with Crippen LogP contribution in [-0.2, 0) is 9.47 Å². The molecule has 1 aromatic carbocycles. The van der Waals surface area contributed by atoms with Gasteiger partial charge in [0.15, 0.2) is 0 Å². The number of aliphatic hydroxyl groups excluding tert-OH is 1. The fourth-order valence-corrected chi connectivity index (χ4v) is 2.89. The average molecular weight is 427 g/mol. The second-order valence-corrected chi connectivity index (χ2v) is 5.98. The quantitative estimate of drug-likeness (QED) is 0.563.